The molecule has 0 spiro atoms. The second kappa shape index (κ2) is 6.88. The Morgan fingerprint density at radius 2 is 1.67 bits per heavy atom. The number of hydrogen-bond acceptors (Lipinski definition) is 2. The maximum Gasteiger partial charge on any atom is 0.0389 e. The minimum Gasteiger partial charge on any atom is -0.327 e. The van der Waals surface area contributed by atoms with Gasteiger partial charge in [-0.2, -0.15) is 0 Å². The zero-order valence-electron chi connectivity index (χ0n) is 12.5. The maximum absolute atomic E-state index is 6.19. The van der Waals surface area contributed by atoms with Gasteiger partial charge in [-0.25, -0.2) is 0 Å². The van der Waals surface area contributed by atoms with Crippen molar-refractivity contribution in [3.63, 3.8) is 0 Å². The molecule has 110 valence electrons. The van der Waals surface area contributed by atoms with E-state index in [1.165, 1.54) is 17.5 Å². The summed E-state index contributed by atoms with van der Waals surface area (Å²) < 4.78 is 0. The van der Waals surface area contributed by atoms with E-state index in [9.17, 15) is 0 Å². The van der Waals surface area contributed by atoms with Crippen LogP contribution in [0.2, 0.25) is 0 Å². The Kier molecular flexibility index (Phi) is 4.69. The third-order valence-electron chi connectivity index (χ3n) is 4.39. The first-order chi connectivity index (χ1) is 10.3. The zero-order chi connectivity index (χ0) is 14.5. The molecule has 3 rings (SSSR count). The lowest BCUT2D eigenvalue weighted by Crippen LogP contribution is -2.45. The molecule has 2 atom stereocenters. The maximum atomic E-state index is 6.19. The standard InChI is InChI=1S/C19H24N2/c20-18-12-7-13-21(15-18)19(17-10-5-2-6-11-17)14-16-8-3-1-4-9-16/h1-6,8-11,18-19H,7,12-15,20H2. The molecule has 1 aliphatic heterocycles. The molecule has 1 saturated heterocycles. The average molecular weight is 280 g/mol. The Hall–Kier alpha value is -1.64. The van der Waals surface area contributed by atoms with Crippen LogP contribution >= 0.6 is 0 Å². The first-order valence-corrected chi connectivity index (χ1v) is 7.91. The van der Waals surface area contributed by atoms with Gasteiger partial charge in [0.1, 0.15) is 0 Å². The highest BCUT2D eigenvalue weighted by atomic mass is 15.2. The van der Waals surface area contributed by atoms with E-state index in [1.54, 1.807) is 0 Å². The molecule has 1 fully saturated rings. The van der Waals surface area contributed by atoms with Gasteiger partial charge in [0.15, 0.2) is 0 Å². The number of nitrogens with zero attached hydrogens (tertiary/aromatic N) is 1. The molecule has 0 aromatic heterocycles. The lowest BCUT2D eigenvalue weighted by atomic mass is 9.94. The lowest BCUT2D eigenvalue weighted by molar-refractivity contribution is 0.148. The Balaban J connectivity index is 1.84. The second-order valence-corrected chi connectivity index (χ2v) is 6.01. The van der Waals surface area contributed by atoms with Crippen LogP contribution in [0.1, 0.15) is 30.0 Å². The molecule has 2 aromatic rings. The molecular formula is C19H24N2. The van der Waals surface area contributed by atoms with Gasteiger partial charge in [-0.1, -0.05) is 60.7 Å². The van der Waals surface area contributed by atoms with E-state index in [4.69, 9.17) is 5.73 Å². The molecular weight excluding hydrogens is 256 g/mol. The van der Waals surface area contributed by atoms with Crippen LogP contribution in [0.4, 0.5) is 0 Å². The van der Waals surface area contributed by atoms with Crippen LogP contribution < -0.4 is 5.73 Å². The van der Waals surface area contributed by atoms with Crippen molar-refractivity contribution in [2.45, 2.75) is 31.3 Å². The molecule has 1 heterocycles. The predicted molar refractivity (Wildman–Crippen MR) is 88.1 cm³/mol. The smallest absolute Gasteiger partial charge is 0.0389 e. The molecule has 2 nitrogen and oxygen atoms in total. The Morgan fingerprint density at radius 3 is 2.33 bits per heavy atom. The zero-order valence-corrected chi connectivity index (χ0v) is 12.5. The van der Waals surface area contributed by atoms with Crippen molar-refractivity contribution in [3.05, 3.63) is 71.8 Å². The number of nitrogens with two attached hydrogens (primary N) is 1. The van der Waals surface area contributed by atoms with Gasteiger partial charge in [0.25, 0.3) is 0 Å². The Labute approximate surface area is 127 Å². The van der Waals surface area contributed by atoms with E-state index in [-0.39, 0.29) is 0 Å². The van der Waals surface area contributed by atoms with Crippen molar-refractivity contribution in [1.82, 2.24) is 4.90 Å². The SMILES string of the molecule is NC1CCCN(C(Cc2ccccc2)c2ccccc2)C1. The molecule has 0 amide bonds. The summed E-state index contributed by atoms with van der Waals surface area (Å²) in [6, 6.07) is 22.4. The van der Waals surface area contributed by atoms with Crippen molar-refractivity contribution in [2.24, 2.45) is 5.73 Å². The Morgan fingerprint density at radius 1 is 1.00 bits per heavy atom. The molecule has 2 heteroatoms. The molecule has 2 unspecified atom stereocenters. The first kappa shape index (κ1) is 14.3. The summed E-state index contributed by atoms with van der Waals surface area (Å²) in [5, 5.41) is 0. The summed E-state index contributed by atoms with van der Waals surface area (Å²) >= 11 is 0. The predicted octanol–water partition coefficient (Wildman–Crippen LogP) is 3.39. The minimum atomic E-state index is 0.320. The van der Waals surface area contributed by atoms with Gasteiger partial charge in [-0.15, -0.1) is 0 Å². The van der Waals surface area contributed by atoms with Gasteiger partial charge in [-0.3, -0.25) is 4.90 Å². The number of likely N-dealkylation sites (tertiary alicyclic amines) is 1. The normalized spacial score (nSPS) is 21.1. The fraction of sp³-hybridized carbons (Fsp3) is 0.368. The van der Waals surface area contributed by atoms with Crippen LogP contribution in [-0.2, 0) is 6.42 Å². The Bertz CT molecular complexity index is 538. The highest BCUT2D eigenvalue weighted by molar-refractivity contribution is 5.24. The summed E-state index contributed by atoms with van der Waals surface area (Å²) in [6.45, 7) is 2.16. The van der Waals surface area contributed by atoms with E-state index in [2.05, 4.69) is 65.6 Å². The monoisotopic (exact) mass is 280 g/mol. The number of piperidine rings is 1. The van der Waals surface area contributed by atoms with Gasteiger partial charge in [0.2, 0.25) is 0 Å². The van der Waals surface area contributed by atoms with Crippen LogP contribution in [-0.4, -0.2) is 24.0 Å². The highest BCUT2D eigenvalue weighted by Crippen LogP contribution is 2.27. The second-order valence-electron chi connectivity index (χ2n) is 6.01. The van der Waals surface area contributed by atoms with E-state index in [1.807, 2.05) is 0 Å². The van der Waals surface area contributed by atoms with E-state index < -0.39 is 0 Å². The highest BCUT2D eigenvalue weighted by Gasteiger charge is 2.25. The van der Waals surface area contributed by atoms with Crippen molar-refractivity contribution >= 4 is 0 Å². The molecule has 0 saturated carbocycles. The summed E-state index contributed by atoms with van der Waals surface area (Å²) in [5.74, 6) is 0. The van der Waals surface area contributed by atoms with E-state index in [0.29, 0.717) is 12.1 Å². The fourth-order valence-electron chi connectivity index (χ4n) is 3.29. The summed E-state index contributed by atoms with van der Waals surface area (Å²) in [7, 11) is 0. The van der Waals surface area contributed by atoms with Gasteiger partial charge in [0.05, 0.1) is 0 Å². The number of benzene rings is 2. The van der Waals surface area contributed by atoms with Crippen LogP contribution in [0.25, 0.3) is 0 Å². The number of hydrogen-bond donors (Lipinski definition) is 1. The summed E-state index contributed by atoms with van der Waals surface area (Å²) in [4.78, 5) is 2.57. The van der Waals surface area contributed by atoms with Crippen molar-refractivity contribution < 1.29 is 0 Å². The third kappa shape index (κ3) is 3.72. The van der Waals surface area contributed by atoms with Crippen molar-refractivity contribution in [1.29, 1.82) is 0 Å². The van der Waals surface area contributed by atoms with Gasteiger partial charge >= 0.3 is 0 Å². The molecule has 21 heavy (non-hydrogen) atoms. The summed E-state index contributed by atoms with van der Waals surface area (Å²) in [6.07, 6.45) is 3.42. The van der Waals surface area contributed by atoms with Gasteiger partial charge < -0.3 is 5.73 Å². The minimum absolute atomic E-state index is 0.320. The van der Waals surface area contributed by atoms with Gasteiger partial charge in [-0.05, 0) is 36.9 Å². The largest absolute Gasteiger partial charge is 0.327 e. The molecule has 0 aliphatic carbocycles. The van der Waals surface area contributed by atoms with E-state index in [0.717, 1.165) is 25.9 Å². The quantitative estimate of drug-likeness (QED) is 0.930. The van der Waals surface area contributed by atoms with Gasteiger partial charge in [0, 0.05) is 18.6 Å². The summed E-state index contributed by atoms with van der Waals surface area (Å²) in [5.41, 5.74) is 8.99. The molecule has 0 bridgehead atoms. The molecule has 1 aliphatic rings. The van der Waals surface area contributed by atoms with Crippen molar-refractivity contribution in [3.8, 4) is 0 Å². The fourth-order valence-corrected chi connectivity index (χ4v) is 3.29. The molecule has 2 aromatic carbocycles. The van der Waals surface area contributed by atoms with E-state index >= 15 is 0 Å². The van der Waals surface area contributed by atoms with Crippen LogP contribution in [0.3, 0.4) is 0 Å². The third-order valence-corrected chi connectivity index (χ3v) is 4.39. The molecule has 0 radical (unpaired) electrons. The van der Waals surface area contributed by atoms with Crippen molar-refractivity contribution in [2.75, 3.05) is 13.1 Å². The number of rotatable bonds is 4. The van der Waals surface area contributed by atoms with Crippen LogP contribution in [0.15, 0.2) is 60.7 Å². The molecule has 2 N–H and O–H groups in total. The first-order valence-electron chi connectivity index (χ1n) is 7.91. The van der Waals surface area contributed by atoms with Crippen LogP contribution in [0.5, 0.6) is 0 Å². The lowest BCUT2D eigenvalue weighted by Gasteiger charge is -2.37. The van der Waals surface area contributed by atoms with Crippen LogP contribution in [0, 0.1) is 0 Å². The topological polar surface area (TPSA) is 29.3 Å². The average Bonchev–Trinajstić information content (AvgIpc) is 2.54.